The van der Waals surface area contributed by atoms with Crippen molar-refractivity contribution in [2.75, 3.05) is 13.1 Å². The highest BCUT2D eigenvalue weighted by Crippen LogP contribution is 2.35. The zero-order valence-electron chi connectivity index (χ0n) is 17.9. The lowest BCUT2D eigenvalue weighted by molar-refractivity contribution is -0.126. The fourth-order valence-corrected chi connectivity index (χ4v) is 4.91. The summed E-state index contributed by atoms with van der Waals surface area (Å²) in [6, 6.07) is 20.0. The molecule has 1 aliphatic rings. The lowest BCUT2D eigenvalue weighted by Crippen LogP contribution is -2.44. The lowest BCUT2D eigenvalue weighted by atomic mass is 9.95. The maximum Gasteiger partial charge on any atom is 0.266 e. The van der Waals surface area contributed by atoms with Crippen LogP contribution in [0.2, 0.25) is 0 Å². The van der Waals surface area contributed by atoms with Crippen LogP contribution in [0.4, 0.5) is 0 Å². The third kappa shape index (κ3) is 4.85. The number of aromatic nitrogens is 1. The van der Waals surface area contributed by atoms with Crippen molar-refractivity contribution in [1.82, 2.24) is 15.2 Å². The number of rotatable bonds is 5. The van der Waals surface area contributed by atoms with Crippen LogP contribution in [0.3, 0.4) is 0 Å². The molecule has 0 aliphatic carbocycles. The molecule has 31 heavy (non-hydrogen) atoms. The number of carbonyl (C=O) groups excluding carboxylic acids is 2. The summed E-state index contributed by atoms with van der Waals surface area (Å²) in [7, 11) is 0. The molecule has 1 saturated heterocycles. The molecule has 2 aromatic carbocycles. The third-order valence-corrected chi connectivity index (χ3v) is 6.57. The van der Waals surface area contributed by atoms with Crippen LogP contribution >= 0.6 is 11.3 Å². The van der Waals surface area contributed by atoms with E-state index in [1.165, 1.54) is 11.3 Å². The molecule has 0 bridgehead atoms. The number of nitrogens with zero attached hydrogens (tertiary/aromatic N) is 2. The summed E-state index contributed by atoms with van der Waals surface area (Å²) in [5, 5.41) is 3.83. The first kappa shape index (κ1) is 21.2. The van der Waals surface area contributed by atoms with Crippen LogP contribution in [0.5, 0.6) is 0 Å². The molecule has 160 valence electrons. The van der Waals surface area contributed by atoms with Crippen LogP contribution in [0, 0.1) is 5.92 Å². The second-order valence-electron chi connectivity index (χ2n) is 8.16. The predicted octanol–water partition coefficient (Wildman–Crippen LogP) is 4.85. The van der Waals surface area contributed by atoms with E-state index in [1.54, 1.807) is 0 Å². The van der Waals surface area contributed by atoms with Gasteiger partial charge in [0.2, 0.25) is 5.91 Å². The van der Waals surface area contributed by atoms with Gasteiger partial charge in [0.25, 0.3) is 5.91 Å². The van der Waals surface area contributed by atoms with E-state index in [2.05, 4.69) is 5.32 Å². The van der Waals surface area contributed by atoms with Crippen LogP contribution in [-0.2, 0) is 4.79 Å². The molecule has 6 heteroatoms. The molecule has 2 amide bonds. The van der Waals surface area contributed by atoms with Crippen molar-refractivity contribution >= 4 is 23.2 Å². The number of amides is 2. The van der Waals surface area contributed by atoms with Crippen molar-refractivity contribution in [3.05, 3.63) is 65.5 Å². The summed E-state index contributed by atoms with van der Waals surface area (Å²) >= 11 is 1.44. The molecule has 1 fully saturated rings. The van der Waals surface area contributed by atoms with Gasteiger partial charge in [-0.05, 0) is 26.7 Å². The minimum atomic E-state index is -0.0265. The Kier molecular flexibility index (Phi) is 6.47. The van der Waals surface area contributed by atoms with Gasteiger partial charge in [-0.2, -0.15) is 0 Å². The predicted molar refractivity (Wildman–Crippen MR) is 125 cm³/mol. The molecule has 1 aromatic heterocycles. The largest absolute Gasteiger partial charge is 0.354 e. The highest BCUT2D eigenvalue weighted by Gasteiger charge is 2.30. The Morgan fingerprint density at radius 3 is 2.13 bits per heavy atom. The Morgan fingerprint density at radius 2 is 1.55 bits per heavy atom. The second kappa shape index (κ2) is 9.43. The average Bonchev–Trinajstić information content (AvgIpc) is 3.25. The van der Waals surface area contributed by atoms with Crippen LogP contribution in [0.15, 0.2) is 60.7 Å². The van der Waals surface area contributed by atoms with Gasteiger partial charge in [0.15, 0.2) is 0 Å². The van der Waals surface area contributed by atoms with Crippen molar-refractivity contribution in [2.45, 2.75) is 32.7 Å². The van der Waals surface area contributed by atoms with Crippen molar-refractivity contribution < 1.29 is 9.59 Å². The normalized spacial score (nSPS) is 14.6. The smallest absolute Gasteiger partial charge is 0.266 e. The first-order chi connectivity index (χ1) is 15.0. The number of thiazole rings is 1. The Hall–Kier alpha value is -2.99. The quantitative estimate of drug-likeness (QED) is 0.625. The summed E-state index contributed by atoms with van der Waals surface area (Å²) in [6.45, 7) is 5.11. The maximum atomic E-state index is 13.5. The van der Waals surface area contributed by atoms with Crippen molar-refractivity contribution in [1.29, 1.82) is 0 Å². The van der Waals surface area contributed by atoms with Gasteiger partial charge in [-0.1, -0.05) is 60.7 Å². The topological polar surface area (TPSA) is 62.3 Å². The van der Waals surface area contributed by atoms with Crippen LogP contribution in [0.25, 0.3) is 21.8 Å². The molecule has 1 aliphatic heterocycles. The zero-order chi connectivity index (χ0) is 21.8. The van der Waals surface area contributed by atoms with Gasteiger partial charge < -0.3 is 10.2 Å². The summed E-state index contributed by atoms with van der Waals surface area (Å²) in [6.07, 6.45) is 1.38. The van der Waals surface area contributed by atoms with E-state index in [4.69, 9.17) is 4.98 Å². The fraction of sp³-hybridized carbons (Fsp3) is 0.320. The number of piperidine rings is 1. The number of carbonyl (C=O) groups is 2. The van der Waals surface area contributed by atoms with E-state index >= 15 is 0 Å². The summed E-state index contributed by atoms with van der Waals surface area (Å²) in [5.41, 5.74) is 2.68. The molecule has 0 unspecified atom stereocenters. The minimum Gasteiger partial charge on any atom is -0.354 e. The number of likely N-dealkylation sites (tertiary alicyclic amines) is 1. The van der Waals surface area contributed by atoms with Crippen molar-refractivity contribution in [3.8, 4) is 21.8 Å². The van der Waals surface area contributed by atoms with Gasteiger partial charge in [0.05, 0.1) is 5.69 Å². The van der Waals surface area contributed by atoms with Crippen LogP contribution in [-0.4, -0.2) is 40.8 Å². The van der Waals surface area contributed by atoms with E-state index in [-0.39, 0.29) is 23.8 Å². The zero-order valence-corrected chi connectivity index (χ0v) is 18.7. The second-order valence-corrected chi connectivity index (χ2v) is 9.16. The molecule has 0 spiro atoms. The first-order valence-corrected chi connectivity index (χ1v) is 11.6. The molecule has 0 radical (unpaired) electrons. The number of nitrogens with one attached hydrogen (secondary N) is 1. The van der Waals surface area contributed by atoms with Crippen molar-refractivity contribution in [3.63, 3.8) is 0 Å². The van der Waals surface area contributed by atoms with E-state index in [1.807, 2.05) is 79.4 Å². The minimum absolute atomic E-state index is 0.00116. The van der Waals surface area contributed by atoms with Crippen LogP contribution in [0.1, 0.15) is 36.4 Å². The number of benzene rings is 2. The van der Waals surface area contributed by atoms with E-state index < -0.39 is 0 Å². The number of hydrogen-bond donors (Lipinski definition) is 1. The number of hydrogen-bond acceptors (Lipinski definition) is 4. The van der Waals surface area contributed by atoms with Gasteiger partial charge in [-0.15, -0.1) is 11.3 Å². The lowest BCUT2D eigenvalue weighted by Gasteiger charge is -2.31. The third-order valence-electron chi connectivity index (χ3n) is 5.47. The molecule has 2 heterocycles. The molecule has 4 rings (SSSR count). The van der Waals surface area contributed by atoms with Gasteiger partial charge in [0.1, 0.15) is 9.88 Å². The monoisotopic (exact) mass is 433 g/mol. The summed E-state index contributed by atoms with van der Waals surface area (Å²) in [5.74, 6) is 0.0684. The Labute approximate surface area is 187 Å². The average molecular weight is 434 g/mol. The van der Waals surface area contributed by atoms with E-state index in [0.717, 1.165) is 21.8 Å². The maximum absolute atomic E-state index is 13.5. The van der Waals surface area contributed by atoms with Crippen molar-refractivity contribution in [2.24, 2.45) is 5.92 Å². The fourth-order valence-electron chi connectivity index (χ4n) is 3.85. The Morgan fingerprint density at radius 1 is 0.968 bits per heavy atom. The van der Waals surface area contributed by atoms with Gasteiger partial charge >= 0.3 is 0 Å². The van der Waals surface area contributed by atoms with Gasteiger partial charge in [-0.25, -0.2) is 4.98 Å². The molecule has 1 N–H and O–H groups in total. The highest BCUT2D eigenvalue weighted by molar-refractivity contribution is 7.17. The van der Waals surface area contributed by atoms with E-state index in [9.17, 15) is 9.59 Å². The summed E-state index contributed by atoms with van der Waals surface area (Å²) < 4.78 is 0. The van der Waals surface area contributed by atoms with E-state index in [0.29, 0.717) is 30.8 Å². The molecular formula is C25H27N3O2S. The Balaban J connectivity index is 1.58. The molecule has 3 aromatic rings. The van der Waals surface area contributed by atoms with Crippen LogP contribution < -0.4 is 5.32 Å². The highest BCUT2D eigenvalue weighted by atomic mass is 32.1. The SMILES string of the molecule is CC(C)NC(=O)C1CCN(C(=O)c2sc(-c3ccccc3)nc2-c2ccccc2)CC1. The molecule has 0 atom stereocenters. The van der Waals surface area contributed by atoms with Gasteiger partial charge in [0, 0.05) is 36.2 Å². The standard InChI is InChI=1S/C25H27N3O2S/c1-17(2)26-23(29)19-13-15-28(16-14-19)25(30)22-21(18-9-5-3-6-10-18)27-24(31-22)20-11-7-4-8-12-20/h3-12,17,19H,13-16H2,1-2H3,(H,26,29). The molecule has 0 saturated carbocycles. The van der Waals surface area contributed by atoms with Gasteiger partial charge in [-0.3, -0.25) is 9.59 Å². The Bertz CT molecular complexity index is 1040. The molecular weight excluding hydrogens is 406 g/mol. The molecule has 5 nitrogen and oxygen atoms in total. The first-order valence-electron chi connectivity index (χ1n) is 10.7. The summed E-state index contributed by atoms with van der Waals surface area (Å²) in [4.78, 5) is 33.2.